The van der Waals surface area contributed by atoms with E-state index >= 15 is 4.39 Å². The van der Waals surface area contributed by atoms with Crippen LogP contribution in [-0.2, 0) is 5.54 Å². The lowest BCUT2D eigenvalue weighted by molar-refractivity contribution is 0.102. The van der Waals surface area contributed by atoms with Crippen LogP contribution in [0.4, 0.5) is 18.9 Å². The number of benzene rings is 1. The van der Waals surface area contributed by atoms with Crippen molar-refractivity contribution in [1.82, 2.24) is 4.98 Å². The molecule has 0 saturated heterocycles. The van der Waals surface area contributed by atoms with Gasteiger partial charge in [0.25, 0.3) is 5.91 Å². The Bertz CT molecular complexity index is 927. The normalized spacial score (nSPS) is 27.9. The summed E-state index contributed by atoms with van der Waals surface area (Å²) in [5.74, 6) is -1.80. The molecule has 1 aliphatic rings. The van der Waals surface area contributed by atoms with Gasteiger partial charge in [0.1, 0.15) is 17.5 Å². The fraction of sp³-hybridized carbons (Fsp3) is 0.389. The number of nitrogens with zero attached hydrogens (tertiary/aromatic N) is 2. The number of halogens is 3. The third kappa shape index (κ3) is 3.43. The number of alkyl halides is 2. The Labute approximate surface area is 158 Å². The fourth-order valence-corrected chi connectivity index (χ4v) is 3.65. The number of hydrogen-bond donors (Lipinski definition) is 2. The number of anilines is 1. The van der Waals surface area contributed by atoms with Crippen LogP contribution >= 0.6 is 11.3 Å². The van der Waals surface area contributed by atoms with Crippen LogP contribution in [0.3, 0.4) is 0 Å². The molecule has 0 saturated carbocycles. The molecule has 0 spiro atoms. The van der Waals surface area contributed by atoms with Gasteiger partial charge in [-0.15, -0.1) is 11.3 Å². The first kappa shape index (κ1) is 19.3. The predicted molar refractivity (Wildman–Crippen MR) is 99.2 cm³/mol. The van der Waals surface area contributed by atoms with E-state index < -0.39 is 35.5 Å². The highest BCUT2D eigenvalue weighted by atomic mass is 32.1. The van der Waals surface area contributed by atoms with Crippen molar-refractivity contribution in [2.75, 3.05) is 5.32 Å². The van der Waals surface area contributed by atoms with Crippen LogP contribution in [0.5, 0.6) is 0 Å². The van der Waals surface area contributed by atoms with Gasteiger partial charge in [0.05, 0.1) is 5.69 Å². The van der Waals surface area contributed by atoms with E-state index in [2.05, 4.69) is 15.3 Å². The van der Waals surface area contributed by atoms with Crippen molar-refractivity contribution in [3.63, 3.8) is 0 Å². The van der Waals surface area contributed by atoms with Crippen LogP contribution in [0.1, 0.15) is 41.3 Å². The van der Waals surface area contributed by atoms with Gasteiger partial charge in [0, 0.05) is 23.1 Å². The summed E-state index contributed by atoms with van der Waals surface area (Å²) in [6.07, 6.45) is -2.32. The Hall–Kier alpha value is -2.42. The highest BCUT2D eigenvalue weighted by Crippen LogP contribution is 2.43. The van der Waals surface area contributed by atoms with Gasteiger partial charge in [0.2, 0.25) is 0 Å². The molecular weight excluding hydrogens is 377 g/mol. The largest absolute Gasteiger partial charge is 0.385 e. The quantitative estimate of drug-likeness (QED) is 0.826. The van der Waals surface area contributed by atoms with E-state index in [1.807, 2.05) is 0 Å². The molecule has 0 aliphatic carbocycles. The topological polar surface area (TPSA) is 80.4 Å². The third-order valence-electron chi connectivity index (χ3n) is 4.66. The average Bonchev–Trinajstić information content (AvgIpc) is 3.01. The minimum absolute atomic E-state index is 0.110. The highest BCUT2D eigenvalue weighted by molar-refractivity contribution is 7.11. The Balaban J connectivity index is 1.98. The summed E-state index contributed by atoms with van der Waals surface area (Å²) in [5.41, 5.74) is 2.28. The van der Waals surface area contributed by atoms with Crippen molar-refractivity contribution in [3.8, 4) is 0 Å². The number of nitrogens with one attached hydrogen (secondary N) is 1. The first-order chi connectivity index (χ1) is 12.5. The molecular formula is C18H19F3N4OS. The minimum Gasteiger partial charge on any atom is -0.385 e. The van der Waals surface area contributed by atoms with Crippen molar-refractivity contribution < 1.29 is 18.0 Å². The monoisotopic (exact) mass is 396 g/mol. The first-order valence-corrected chi connectivity index (χ1v) is 9.14. The molecule has 27 heavy (non-hydrogen) atoms. The number of carbonyl (C=O) groups excluding carboxylic acids is 1. The first-order valence-electron chi connectivity index (χ1n) is 8.26. The number of rotatable bonds is 3. The number of amidine groups is 1. The smallest absolute Gasteiger partial charge is 0.284 e. The molecule has 9 heteroatoms. The summed E-state index contributed by atoms with van der Waals surface area (Å²) in [4.78, 5) is 20.2. The average molecular weight is 396 g/mol. The number of aliphatic imine (C=N–C) groups is 1. The van der Waals surface area contributed by atoms with Gasteiger partial charge in [-0.1, -0.05) is 12.1 Å². The summed E-state index contributed by atoms with van der Waals surface area (Å²) in [6.45, 7) is 4.23. The molecule has 0 fully saturated rings. The van der Waals surface area contributed by atoms with E-state index in [0.29, 0.717) is 5.69 Å². The molecule has 3 rings (SSSR count). The molecule has 144 valence electrons. The van der Waals surface area contributed by atoms with Gasteiger partial charge in [-0.3, -0.25) is 9.79 Å². The van der Waals surface area contributed by atoms with Crippen molar-refractivity contribution in [1.29, 1.82) is 0 Å². The van der Waals surface area contributed by atoms with E-state index in [1.165, 1.54) is 25.1 Å². The molecule has 1 aromatic carbocycles. The molecule has 5 nitrogen and oxygen atoms in total. The molecule has 2 aromatic rings. The molecule has 3 N–H and O–H groups in total. The zero-order chi connectivity index (χ0) is 20.0. The van der Waals surface area contributed by atoms with E-state index in [4.69, 9.17) is 5.73 Å². The molecule has 0 bridgehead atoms. The maximum absolute atomic E-state index is 15.1. The number of aryl methyl sites for hydroxylation is 1. The second-order valence-corrected chi connectivity index (χ2v) is 7.79. The lowest BCUT2D eigenvalue weighted by Crippen LogP contribution is -2.51. The molecule has 1 amide bonds. The maximum Gasteiger partial charge on any atom is 0.284 e. The third-order valence-corrected chi connectivity index (χ3v) is 5.62. The standard InChI is InChI=1S/C18H19F3N4OS/c1-9-8-27-15(23-9)14(26)24-11-6-4-5-10(13(11)20)18(3)12(19)7-17(2,21)16(22)25-18/h4-6,8,12H,7H2,1-3H3,(H2,22,25)(H,24,26)/t12?,17-,18-/m1/s1. The Kier molecular flexibility index (Phi) is 4.75. The second-order valence-electron chi connectivity index (χ2n) is 6.93. The van der Waals surface area contributed by atoms with Crippen molar-refractivity contribution in [2.45, 2.75) is 44.6 Å². The van der Waals surface area contributed by atoms with Crippen LogP contribution in [0, 0.1) is 12.7 Å². The summed E-state index contributed by atoms with van der Waals surface area (Å²) >= 11 is 1.13. The number of aromatic nitrogens is 1. The molecule has 1 aromatic heterocycles. The number of carbonyl (C=O) groups is 1. The number of amides is 1. The Morgan fingerprint density at radius 3 is 2.74 bits per heavy atom. The van der Waals surface area contributed by atoms with Gasteiger partial charge >= 0.3 is 0 Å². The van der Waals surface area contributed by atoms with Gasteiger partial charge < -0.3 is 11.1 Å². The SMILES string of the molecule is Cc1csc(C(=O)Nc2cccc([C@@]3(C)N=C(N)[C@](C)(F)CC3F)c2F)n1. The van der Waals surface area contributed by atoms with Crippen LogP contribution < -0.4 is 11.1 Å². The Morgan fingerprint density at radius 2 is 2.11 bits per heavy atom. The van der Waals surface area contributed by atoms with Crippen LogP contribution in [-0.4, -0.2) is 28.6 Å². The lowest BCUT2D eigenvalue weighted by atomic mass is 9.79. The minimum atomic E-state index is -2.09. The number of nitrogens with two attached hydrogens (primary N) is 1. The maximum atomic E-state index is 15.1. The van der Waals surface area contributed by atoms with Crippen LogP contribution in [0.15, 0.2) is 28.6 Å². The van der Waals surface area contributed by atoms with E-state index in [9.17, 15) is 13.6 Å². The molecule has 1 aliphatic heterocycles. The lowest BCUT2D eigenvalue weighted by Gasteiger charge is -2.39. The predicted octanol–water partition coefficient (Wildman–Crippen LogP) is 3.89. The molecule has 1 unspecified atom stereocenters. The van der Waals surface area contributed by atoms with Crippen molar-refractivity contribution in [2.24, 2.45) is 10.7 Å². The van der Waals surface area contributed by atoms with Crippen molar-refractivity contribution >= 4 is 28.8 Å². The zero-order valence-corrected chi connectivity index (χ0v) is 15.8. The van der Waals surface area contributed by atoms with Gasteiger partial charge in [-0.2, -0.15) is 0 Å². The number of hydrogen-bond acceptors (Lipinski definition) is 5. The van der Waals surface area contributed by atoms with E-state index in [1.54, 1.807) is 12.3 Å². The summed E-state index contributed by atoms with van der Waals surface area (Å²) in [5, 5.41) is 4.32. The van der Waals surface area contributed by atoms with E-state index in [-0.39, 0.29) is 22.1 Å². The van der Waals surface area contributed by atoms with Crippen LogP contribution in [0.2, 0.25) is 0 Å². The summed E-state index contributed by atoms with van der Waals surface area (Å²) < 4.78 is 44.1. The summed E-state index contributed by atoms with van der Waals surface area (Å²) in [7, 11) is 0. The fourth-order valence-electron chi connectivity index (χ4n) is 2.96. The van der Waals surface area contributed by atoms with Gasteiger partial charge in [0.15, 0.2) is 16.5 Å². The van der Waals surface area contributed by atoms with Crippen LogP contribution in [0.25, 0.3) is 0 Å². The highest BCUT2D eigenvalue weighted by Gasteiger charge is 2.49. The van der Waals surface area contributed by atoms with Gasteiger partial charge in [-0.25, -0.2) is 18.2 Å². The summed E-state index contributed by atoms with van der Waals surface area (Å²) in [6, 6.07) is 4.17. The zero-order valence-electron chi connectivity index (χ0n) is 15.0. The molecule has 3 atom stereocenters. The molecule has 2 heterocycles. The van der Waals surface area contributed by atoms with Gasteiger partial charge in [-0.05, 0) is 26.8 Å². The second kappa shape index (κ2) is 6.63. The molecule has 0 radical (unpaired) electrons. The van der Waals surface area contributed by atoms with Crippen molar-refractivity contribution in [3.05, 3.63) is 45.7 Å². The van der Waals surface area contributed by atoms with E-state index in [0.717, 1.165) is 18.3 Å². The Morgan fingerprint density at radius 1 is 1.41 bits per heavy atom. The number of thiazole rings is 1.